The number of hydrogen-bond donors (Lipinski definition) is 1. The largest absolute Gasteiger partial charge is 0.440 e. The van der Waals surface area contributed by atoms with Crippen molar-refractivity contribution in [2.45, 2.75) is 6.42 Å². The number of hydrogen-bond acceptors (Lipinski definition) is 3. The van der Waals surface area contributed by atoms with Crippen LogP contribution in [0.1, 0.15) is 5.89 Å². The number of carbonyl (C=O) groups excluding carboxylic acids is 1. The fourth-order valence-corrected chi connectivity index (χ4v) is 1.60. The number of nitrogens with one attached hydrogen (secondary N) is 1. The van der Waals surface area contributed by atoms with Crippen LogP contribution in [0.2, 0.25) is 0 Å². The minimum absolute atomic E-state index is 0.111. The number of likely N-dealkylation sites (N-methyl/N-ethyl adjacent to an activating group) is 1. The Kier molecular flexibility index (Phi) is 2.73. The highest BCUT2D eigenvalue weighted by atomic mass is 79.9. The lowest BCUT2D eigenvalue weighted by atomic mass is 10.3. The van der Waals surface area contributed by atoms with E-state index in [4.69, 9.17) is 4.42 Å². The van der Waals surface area contributed by atoms with Crippen molar-refractivity contribution < 1.29 is 9.21 Å². The van der Waals surface area contributed by atoms with E-state index in [0.29, 0.717) is 11.5 Å². The van der Waals surface area contributed by atoms with Gasteiger partial charge in [-0.3, -0.25) is 4.79 Å². The molecule has 0 aliphatic heterocycles. The fourth-order valence-electron chi connectivity index (χ4n) is 1.25. The molecule has 0 saturated carbocycles. The van der Waals surface area contributed by atoms with E-state index in [9.17, 15) is 4.79 Å². The Morgan fingerprint density at radius 2 is 2.40 bits per heavy atom. The van der Waals surface area contributed by atoms with Crippen molar-refractivity contribution in [1.82, 2.24) is 10.3 Å². The first kappa shape index (κ1) is 10.2. The second-order valence-electron chi connectivity index (χ2n) is 3.07. The molecule has 78 valence electrons. The van der Waals surface area contributed by atoms with Crippen molar-refractivity contribution in [3.8, 4) is 0 Å². The van der Waals surface area contributed by atoms with Gasteiger partial charge in [0.25, 0.3) is 0 Å². The predicted octanol–water partition coefficient (Wildman–Crippen LogP) is 1.88. The number of nitrogens with zero attached hydrogens (tertiary/aromatic N) is 1. The third-order valence-corrected chi connectivity index (χ3v) is 2.48. The van der Waals surface area contributed by atoms with Crippen molar-refractivity contribution in [3.63, 3.8) is 0 Å². The molecule has 2 rings (SSSR count). The molecular weight excluding hydrogens is 260 g/mol. The summed E-state index contributed by atoms with van der Waals surface area (Å²) < 4.78 is 6.34. The molecule has 1 N–H and O–H groups in total. The van der Waals surface area contributed by atoms with Crippen LogP contribution in [0, 0.1) is 0 Å². The Bertz CT molecular complexity index is 507. The van der Waals surface area contributed by atoms with Gasteiger partial charge in [-0.25, -0.2) is 4.98 Å². The second kappa shape index (κ2) is 4.02. The molecule has 0 aliphatic rings. The SMILES string of the molecule is CNC(=O)Cc1nc2cc(Br)ccc2o1. The summed E-state index contributed by atoms with van der Waals surface area (Å²) in [5.41, 5.74) is 1.44. The molecule has 0 aliphatic carbocycles. The number of carbonyl (C=O) groups is 1. The zero-order valence-corrected chi connectivity index (χ0v) is 9.67. The van der Waals surface area contributed by atoms with Crippen LogP contribution >= 0.6 is 15.9 Å². The summed E-state index contributed by atoms with van der Waals surface area (Å²) in [6.07, 6.45) is 0.169. The van der Waals surface area contributed by atoms with Crippen molar-refractivity contribution in [2.24, 2.45) is 0 Å². The highest BCUT2D eigenvalue weighted by molar-refractivity contribution is 9.10. The highest BCUT2D eigenvalue weighted by Gasteiger charge is 2.09. The first-order valence-corrected chi connectivity index (χ1v) is 5.24. The average Bonchev–Trinajstić information content (AvgIpc) is 2.59. The monoisotopic (exact) mass is 268 g/mol. The summed E-state index contributed by atoms with van der Waals surface area (Å²) in [4.78, 5) is 15.3. The Labute approximate surface area is 94.8 Å². The minimum Gasteiger partial charge on any atom is -0.440 e. The lowest BCUT2D eigenvalue weighted by Gasteiger charge is -1.92. The number of amides is 1. The number of oxazole rings is 1. The number of halogens is 1. The smallest absolute Gasteiger partial charge is 0.229 e. The molecule has 0 fully saturated rings. The van der Waals surface area contributed by atoms with E-state index >= 15 is 0 Å². The van der Waals surface area contributed by atoms with Crippen LogP contribution in [0.3, 0.4) is 0 Å². The van der Waals surface area contributed by atoms with E-state index in [2.05, 4.69) is 26.2 Å². The zero-order chi connectivity index (χ0) is 10.8. The lowest BCUT2D eigenvalue weighted by Crippen LogP contribution is -2.19. The van der Waals surface area contributed by atoms with Crippen molar-refractivity contribution in [1.29, 1.82) is 0 Å². The van der Waals surface area contributed by atoms with Crippen LogP contribution in [0.5, 0.6) is 0 Å². The van der Waals surface area contributed by atoms with Gasteiger partial charge in [-0.1, -0.05) is 15.9 Å². The maximum absolute atomic E-state index is 11.1. The minimum atomic E-state index is -0.111. The van der Waals surface area contributed by atoms with Gasteiger partial charge in [0.2, 0.25) is 11.8 Å². The number of rotatable bonds is 2. The number of fused-ring (bicyclic) bond motifs is 1. The second-order valence-corrected chi connectivity index (χ2v) is 3.99. The molecule has 5 heteroatoms. The molecular formula is C10H9BrN2O2. The molecule has 15 heavy (non-hydrogen) atoms. The van der Waals surface area contributed by atoms with Gasteiger partial charge in [0.05, 0.1) is 0 Å². The molecule has 0 radical (unpaired) electrons. The number of aromatic nitrogens is 1. The van der Waals surface area contributed by atoms with E-state index < -0.39 is 0 Å². The maximum atomic E-state index is 11.1. The maximum Gasteiger partial charge on any atom is 0.229 e. The lowest BCUT2D eigenvalue weighted by molar-refractivity contribution is -0.120. The third-order valence-electron chi connectivity index (χ3n) is 1.98. The summed E-state index contributed by atoms with van der Waals surface area (Å²) >= 11 is 3.35. The van der Waals surface area contributed by atoms with Crippen LogP contribution < -0.4 is 5.32 Å². The van der Waals surface area contributed by atoms with Gasteiger partial charge in [0, 0.05) is 11.5 Å². The topological polar surface area (TPSA) is 55.1 Å². The summed E-state index contributed by atoms with van der Waals surface area (Å²) in [5, 5.41) is 2.52. The molecule has 0 atom stereocenters. The molecule has 0 spiro atoms. The van der Waals surface area contributed by atoms with Crippen molar-refractivity contribution in [2.75, 3.05) is 7.05 Å². The molecule has 0 saturated heterocycles. The molecule has 1 aromatic heterocycles. The molecule has 2 aromatic rings. The van der Waals surface area contributed by atoms with E-state index in [1.807, 2.05) is 18.2 Å². The van der Waals surface area contributed by atoms with E-state index in [1.54, 1.807) is 7.05 Å². The van der Waals surface area contributed by atoms with Crippen molar-refractivity contribution in [3.05, 3.63) is 28.6 Å². The molecule has 0 bridgehead atoms. The standard InChI is InChI=1S/C10H9BrN2O2/c1-12-9(14)5-10-13-7-4-6(11)2-3-8(7)15-10/h2-4H,5H2,1H3,(H,12,14). The van der Waals surface area contributed by atoms with Crippen molar-refractivity contribution >= 4 is 32.9 Å². The summed E-state index contributed by atoms with van der Waals surface area (Å²) in [5.74, 6) is 0.322. The molecule has 4 nitrogen and oxygen atoms in total. The van der Waals surface area contributed by atoms with Gasteiger partial charge < -0.3 is 9.73 Å². The average molecular weight is 269 g/mol. The van der Waals surface area contributed by atoms with Crippen LogP contribution in [-0.2, 0) is 11.2 Å². The summed E-state index contributed by atoms with van der Waals surface area (Å²) in [7, 11) is 1.58. The normalized spacial score (nSPS) is 10.5. The van der Waals surface area contributed by atoms with E-state index in [0.717, 1.165) is 9.99 Å². The predicted molar refractivity (Wildman–Crippen MR) is 59.5 cm³/mol. The fraction of sp³-hybridized carbons (Fsp3) is 0.200. The molecule has 0 unspecified atom stereocenters. The first-order valence-electron chi connectivity index (χ1n) is 4.44. The number of benzene rings is 1. The molecule has 1 amide bonds. The third kappa shape index (κ3) is 2.18. The van der Waals surface area contributed by atoms with Gasteiger partial charge >= 0.3 is 0 Å². The van der Waals surface area contributed by atoms with Crippen LogP contribution in [-0.4, -0.2) is 17.9 Å². The quantitative estimate of drug-likeness (QED) is 0.905. The van der Waals surface area contributed by atoms with Gasteiger partial charge in [0.1, 0.15) is 11.9 Å². The van der Waals surface area contributed by atoms with Crippen LogP contribution in [0.4, 0.5) is 0 Å². The Hall–Kier alpha value is -1.36. The van der Waals surface area contributed by atoms with Crippen LogP contribution in [0.25, 0.3) is 11.1 Å². The Morgan fingerprint density at radius 3 is 3.13 bits per heavy atom. The van der Waals surface area contributed by atoms with Gasteiger partial charge in [-0.2, -0.15) is 0 Å². The Balaban J connectivity index is 2.34. The molecule has 1 aromatic carbocycles. The first-order chi connectivity index (χ1) is 7.19. The molecule has 1 heterocycles. The summed E-state index contributed by atoms with van der Waals surface area (Å²) in [6.45, 7) is 0. The Morgan fingerprint density at radius 1 is 1.60 bits per heavy atom. The van der Waals surface area contributed by atoms with Gasteiger partial charge in [-0.05, 0) is 18.2 Å². The highest BCUT2D eigenvalue weighted by Crippen LogP contribution is 2.20. The van der Waals surface area contributed by atoms with Gasteiger partial charge in [0.15, 0.2) is 5.58 Å². The zero-order valence-electron chi connectivity index (χ0n) is 8.08. The van der Waals surface area contributed by atoms with E-state index in [1.165, 1.54) is 0 Å². The summed E-state index contributed by atoms with van der Waals surface area (Å²) in [6, 6.07) is 5.54. The van der Waals surface area contributed by atoms with Gasteiger partial charge in [-0.15, -0.1) is 0 Å². The van der Waals surface area contributed by atoms with E-state index in [-0.39, 0.29) is 12.3 Å². The van der Waals surface area contributed by atoms with Crippen LogP contribution in [0.15, 0.2) is 27.1 Å².